The fourth-order valence-electron chi connectivity index (χ4n) is 5.97. The van der Waals surface area contributed by atoms with E-state index in [0.29, 0.717) is 38.8 Å². The summed E-state index contributed by atoms with van der Waals surface area (Å²) in [6, 6.07) is 0.522. The Bertz CT molecular complexity index is 1090. The topological polar surface area (TPSA) is 288 Å². The minimum absolute atomic E-state index is 0.0132. The molecular formula is C34H76N2O18Si4. The molecule has 0 aromatic heterocycles. The summed E-state index contributed by atoms with van der Waals surface area (Å²) in [5, 5.41) is 95.3. The van der Waals surface area contributed by atoms with Crippen LogP contribution in [0, 0.1) is 0 Å². The fraction of sp³-hybridized carbons (Fsp3) is 0.971. The van der Waals surface area contributed by atoms with Gasteiger partial charge in [-0.25, -0.2) is 0 Å². The van der Waals surface area contributed by atoms with Gasteiger partial charge in [-0.3, -0.25) is 9.69 Å². The predicted octanol–water partition coefficient (Wildman–Crippen LogP) is -2.41. The van der Waals surface area contributed by atoms with Crippen LogP contribution in [-0.4, -0.2) is 231 Å². The Balaban J connectivity index is 3.12. The number of hydrogen-bond acceptors (Lipinski definition) is 19. The van der Waals surface area contributed by atoms with Crippen molar-refractivity contribution in [2.45, 2.75) is 133 Å². The minimum atomic E-state index is -3.18. The Morgan fingerprint density at radius 3 is 1.84 bits per heavy atom. The van der Waals surface area contributed by atoms with E-state index in [0.717, 1.165) is 0 Å². The maximum absolute atomic E-state index is 13.1. The SMILES string of the molecule is COCCOCCOCC(O)CN(CCC[Si](O[Si](C)(C)C)(O[Si](C)(C)C)O[Si](C)(C)C)CCNC(=O)[C@H](O)[C@@H](O)[C@H](O[C@@H]1O[C@H](CO)[C@@H](O)[C@H](O)[C@H]1O)[C@H](O)CO. The van der Waals surface area contributed by atoms with E-state index < -0.39 is 114 Å². The third-order valence-electron chi connectivity index (χ3n) is 8.29. The maximum atomic E-state index is 13.1. The van der Waals surface area contributed by atoms with Crippen LogP contribution in [0.5, 0.6) is 0 Å². The van der Waals surface area contributed by atoms with Crippen LogP contribution >= 0.6 is 0 Å². The highest BCUT2D eigenvalue weighted by Gasteiger charge is 2.50. The van der Waals surface area contributed by atoms with Crippen molar-refractivity contribution in [3.05, 3.63) is 0 Å². The van der Waals surface area contributed by atoms with Gasteiger partial charge in [-0.1, -0.05) is 0 Å². The number of aliphatic hydroxyl groups is 9. The summed E-state index contributed by atoms with van der Waals surface area (Å²) in [7, 11) is -8.01. The summed E-state index contributed by atoms with van der Waals surface area (Å²) in [5.41, 5.74) is 0. The molecule has 10 N–H and O–H groups in total. The van der Waals surface area contributed by atoms with Gasteiger partial charge in [-0.15, -0.1) is 0 Å². The number of aliphatic hydroxyl groups excluding tert-OH is 9. The van der Waals surface area contributed by atoms with Crippen LogP contribution in [0.1, 0.15) is 6.42 Å². The average Bonchev–Trinajstić information content (AvgIpc) is 3.09. The van der Waals surface area contributed by atoms with Crippen molar-refractivity contribution >= 4 is 39.7 Å². The van der Waals surface area contributed by atoms with Gasteiger partial charge < -0.3 is 87.3 Å². The second kappa shape index (κ2) is 26.3. The molecule has 1 aliphatic heterocycles. The summed E-state index contributed by atoms with van der Waals surface area (Å²) in [4.78, 5) is 15.0. The van der Waals surface area contributed by atoms with Gasteiger partial charge in [0.05, 0.1) is 52.4 Å². The van der Waals surface area contributed by atoms with Crippen LogP contribution in [0.3, 0.4) is 0 Å². The van der Waals surface area contributed by atoms with Gasteiger partial charge in [0.15, 0.2) is 37.3 Å². The Kier molecular flexibility index (Phi) is 25.2. The number of rotatable bonds is 31. The average molecular weight is 913 g/mol. The maximum Gasteiger partial charge on any atom is 0.469 e. The normalized spacial score (nSPS) is 23.8. The summed E-state index contributed by atoms with van der Waals surface area (Å²) in [6.07, 6.45) is -17.3. The van der Waals surface area contributed by atoms with Crippen LogP contribution in [0.2, 0.25) is 65.0 Å². The molecular weight excluding hydrogens is 837 g/mol. The zero-order valence-corrected chi connectivity index (χ0v) is 40.1. The third kappa shape index (κ3) is 21.6. The second-order valence-electron chi connectivity index (χ2n) is 17.3. The molecule has 1 aliphatic rings. The van der Waals surface area contributed by atoms with E-state index in [1.165, 1.54) is 0 Å². The highest BCUT2D eigenvalue weighted by Crippen LogP contribution is 2.30. The van der Waals surface area contributed by atoms with E-state index in [1.807, 2.05) is 4.90 Å². The van der Waals surface area contributed by atoms with E-state index in [9.17, 15) is 50.8 Å². The molecule has 1 amide bonds. The summed E-state index contributed by atoms with van der Waals surface area (Å²) >= 11 is 0. The van der Waals surface area contributed by atoms with Crippen LogP contribution < -0.4 is 5.32 Å². The fourth-order valence-corrected chi connectivity index (χ4v) is 20.6. The highest BCUT2D eigenvalue weighted by molar-refractivity contribution is 6.90. The first kappa shape index (κ1) is 55.6. The molecule has 1 unspecified atom stereocenters. The molecule has 24 heteroatoms. The van der Waals surface area contributed by atoms with Crippen molar-refractivity contribution < 1.29 is 86.8 Å². The summed E-state index contributed by atoms with van der Waals surface area (Å²) in [5.74, 6) is -1.07. The van der Waals surface area contributed by atoms with Gasteiger partial charge in [0.2, 0.25) is 0 Å². The molecule has 58 heavy (non-hydrogen) atoms. The van der Waals surface area contributed by atoms with Gasteiger partial charge in [0.1, 0.15) is 42.7 Å². The molecule has 20 nitrogen and oxygen atoms in total. The lowest BCUT2D eigenvalue weighted by Crippen LogP contribution is -2.62. The monoisotopic (exact) mass is 912 g/mol. The van der Waals surface area contributed by atoms with Crippen LogP contribution in [0.25, 0.3) is 0 Å². The van der Waals surface area contributed by atoms with E-state index in [1.54, 1.807) is 7.11 Å². The Morgan fingerprint density at radius 1 is 0.776 bits per heavy atom. The Hall–Kier alpha value is -0.382. The van der Waals surface area contributed by atoms with Gasteiger partial charge in [0, 0.05) is 32.8 Å². The lowest BCUT2D eigenvalue weighted by molar-refractivity contribution is -0.326. The number of nitrogens with one attached hydrogen (secondary N) is 1. The van der Waals surface area contributed by atoms with Crippen LogP contribution in [-0.2, 0) is 40.8 Å². The highest BCUT2D eigenvalue weighted by atomic mass is 28.5. The van der Waals surface area contributed by atoms with Crippen molar-refractivity contribution in [2.24, 2.45) is 0 Å². The van der Waals surface area contributed by atoms with Gasteiger partial charge in [-0.2, -0.15) is 0 Å². The second-order valence-corrected chi connectivity index (χ2v) is 34.3. The standard InChI is InChI=1S/C34H76N2O18Si4/c1-47-15-16-48-17-18-49-23-24(39)20-36(13-11-19-58(52-55(2,3)4,53-56(5,6)7)54-57(8,9)10)14-12-35-33(46)30(44)29(43)32(25(40)21-37)51-34-31(45)28(42)27(41)26(22-38)50-34/h24-32,34,37-45H,11-23H2,1-10H3,(H,35,46)/t24?,25-,26-,27-,28+,29-,30-,31-,32-,34+/m1/s1. The molecule has 0 bridgehead atoms. The lowest BCUT2D eigenvalue weighted by atomic mass is 9.98. The smallest absolute Gasteiger partial charge is 0.417 e. The Morgan fingerprint density at radius 2 is 1.33 bits per heavy atom. The zero-order valence-electron chi connectivity index (χ0n) is 36.1. The summed E-state index contributed by atoms with van der Waals surface area (Å²) in [6.45, 7) is 19.3. The molecule has 346 valence electrons. The third-order valence-corrected chi connectivity index (χ3v) is 20.3. The number of carbonyl (C=O) groups is 1. The van der Waals surface area contributed by atoms with E-state index in [-0.39, 0.29) is 32.8 Å². The molecule has 0 radical (unpaired) electrons. The number of ether oxygens (including phenoxy) is 5. The number of hydrogen-bond donors (Lipinski definition) is 10. The first-order valence-corrected chi connectivity index (χ1v) is 32.0. The largest absolute Gasteiger partial charge is 0.469 e. The summed E-state index contributed by atoms with van der Waals surface area (Å²) < 4.78 is 47.1. The molecule has 0 spiro atoms. The van der Waals surface area contributed by atoms with Crippen molar-refractivity contribution in [3.63, 3.8) is 0 Å². The zero-order chi connectivity index (χ0) is 44.5. The van der Waals surface area contributed by atoms with Gasteiger partial charge in [-0.05, 0) is 71.9 Å². The molecule has 1 rings (SSSR count). The van der Waals surface area contributed by atoms with Crippen molar-refractivity contribution in [1.29, 1.82) is 0 Å². The molecule has 0 saturated carbocycles. The van der Waals surface area contributed by atoms with Crippen molar-refractivity contribution in [3.8, 4) is 0 Å². The van der Waals surface area contributed by atoms with Crippen molar-refractivity contribution in [2.75, 3.05) is 79.5 Å². The van der Waals surface area contributed by atoms with Gasteiger partial charge in [0.25, 0.3) is 5.91 Å². The van der Waals surface area contributed by atoms with Gasteiger partial charge >= 0.3 is 8.80 Å². The number of nitrogens with zero attached hydrogens (tertiary/aromatic N) is 1. The number of amides is 1. The number of carbonyl (C=O) groups excluding carboxylic acids is 1. The molecule has 10 atom stereocenters. The van der Waals surface area contributed by atoms with E-state index in [4.69, 9.17) is 36.0 Å². The van der Waals surface area contributed by atoms with Crippen molar-refractivity contribution in [1.82, 2.24) is 10.2 Å². The molecule has 0 aromatic carbocycles. The quantitative estimate of drug-likeness (QED) is 0.0256. The minimum Gasteiger partial charge on any atom is -0.417 e. The molecule has 1 heterocycles. The predicted molar refractivity (Wildman–Crippen MR) is 221 cm³/mol. The van der Waals surface area contributed by atoms with E-state index in [2.05, 4.69) is 64.2 Å². The molecule has 0 aromatic rings. The number of methoxy groups -OCH3 is 1. The van der Waals surface area contributed by atoms with Crippen LogP contribution in [0.4, 0.5) is 0 Å². The first-order valence-electron chi connectivity index (χ1n) is 19.8. The first-order chi connectivity index (χ1) is 26.8. The molecule has 1 fully saturated rings. The lowest BCUT2D eigenvalue weighted by Gasteiger charge is -2.43. The van der Waals surface area contributed by atoms with Crippen LogP contribution in [0.15, 0.2) is 0 Å². The molecule has 0 aliphatic carbocycles. The Labute approximate surface area is 348 Å². The van der Waals surface area contributed by atoms with E-state index >= 15 is 0 Å². The molecule has 1 saturated heterocycles.